The second-order valence-corrected chi connectivity index (χ2v) is 6.78. The average Bonchev–Trinajstić information content (AvgIpc) is 2.79. The maximum Gasteiger partial charge on any atom is 0.261 e. The Bertz CT molecular complexity index is 840. The summed E-state index contributed by atoms with van der Waals surface area (Å²) in [5, 5.41) is 2.85. The van der Waals surface area contributed by atoms with E-state index in [-0.39, 0.29) is 25.0 Å². The quantitative estimate of drug-likeness (QED) is 0.612. The van der Waals surface area contributed by atoms with Gasteiger partial charge in [-0.2, -0.15) is 0 Å². The fourth-order valence-corrected chi connectivity index (χ4v) is 2.91. The van der Waals surface area contributed by atoms with E-state index in [4.69, 9.17) is 14.2 Å². The zero-order valence-electron chi connectivity index (χ0n) is 18.0. The molecule has 1 N–H and O–H groups in total. The molecule has 2 aromatic rings. The van der Waals surface area contributed by atoms with Crippen molar-refractivity contribution in [2.75, 3.05) is 27.4 Å². The Kier molecular flexibility index (Phi) is 9.00. The number of nitrogens with zero attached hydrogens (tertiary/aromatic N) is 1. The van der Waals surface area contributed by atoms with Gasteiger partial charge < -0.3 is 24.4 Å². The molecule has 0 aliphatic heterocycles. The Morgan fingerprint density at radius 3 is 2.43 bits per heavy atom. The van der Waals surface area contributed by atoms with Gasteiger partial charge in [0, 0.05) is 13.1 Å². The number of carbonyl (C=O) groups excluding carboxylic acids is 2. The first-order chi connectivity index (χ1) is 14.5. The number of hydrogen-bond donors (Lipinski definition) is 1. The molecular formula is C23H30N2O5. The van der Waals surface area contributed by atoms with Crippen molar-refractivity contribution in [3.05, 3.63) is 54.1 Å². The highest BCUT2D eigenvalue weighted by atomic mass is 16.5. The molecule has 7 heteroatoms. The van der Waals surface area contributed by atoms with Crippen LogP contribution in [-0.2, 0) is 16.1 Å². The van der Waals surface area contributed by atoms with E-state index in [9.17, 15) is 9.59 Å². The topological polar surface area (TPSA) is 77.1 Å². The normalized spacial score (nSPS) is 11.3. The first kappa shape index (κ1) is 23.1. The Labute approximate surface area is 177 Å². The fraction of sp³-hybridized carbons (Fsp3) is 0.391. The van der Waals surface area contributed by atoms with Gasteiger partial charge in [-0.05, 0) is 43.2 Å². The van der Waals surface area contributed by atoms with Crippen molar-refractivity contribution < 1.29 is 23.8 Å². The maximum atomic E-state index is 13.0. The highest BCUT2D eigenvalue weighted by molar-refractivity contribution is 5.88. The first-order valence-electron chi connectivity index (χ1n) is 9.96. The Morgan fingerprint density at radius 1 is 1.03 bits per heavy atom. The van der Waals surface area contributed by atoms with Crippen LogP contribution in [0.15, 0.2) is 48.5 Å². The molecule has 0 spiro atoms. The van der Waals surface area contributed by atoms with Crippen molar-refractivity contribution in [3.63, 3.8) is 0 Å². The molecule has 0 fully saturated rings. The van der Waals surface area contributed by atoms with Crippen molar-refractivity contribution in [2.45, 2.75) is 32.9 Å². The Hall–Kier alpha value is -3.22. The molecule has 7 nitrogen and oxygen atoms in total. The van der Waals surface area contributed by atoms with E-state index >= 15 is 0 Å². The van der Waals surface area contributed by atoms with Gasteiger partial charge in [0.1, 0.15) is 11.8 Å². The van der Waals surface area contributed by atoms with Crippen LogP contribution in [-0.4, -0.2) is 50.1 Å². The summed E-state index contributed by atoms with van der Waals surface area (Å²) >= 11 is 0. The monoisotopic (exact) mass is 414 g/mol. The molecule has 0 heterocycles. The van der Waals surface area contributed by atoms with Crippen LogP contribution in [0.2, 0.25) is 0 Å². The van der Waals surface area contributed by atoms with Gasteiger partial charge >= 0.3 is 0 Å². The summed E-state index contributed by atoms with van der Waals surface area (Å²) in [4.78, 5) is 27.1. The summed E-state index contributed by atoms with van der Waals surface area (Å²) in [7, 11) is 3.13. The fourth-order valence-electron chi connectivity index (χ4n) is 2.91. The minimum Gasteiger partial charge on any atom is -0.497 e. The van der Waals surface area contributed by atoms with E-state index < -0.39 is 6.04 Å². The molecule has 0 aromatic heterocycles. The third-order valence-corrected chi connectivity index (χ3v) is 4.62. The molecule has 0 unspecified atom stereocenters. The molecule has 0 saturated carbocycles. The van der Waals surface area contributed by atoms with Gasteiger partial charge in [-0.1, -0.05) is 31.2 Å². The number of methoxy groups -OCH3 is 2. The van der Waals surface area contributed by atoms with E-state index in [1.54, 1.807) is 39.3 Å². The number of hydrogen-bond acceptors (Lipinski definition) is 5. The number of rotatable bonds is 11. The highest BCUT2D eigenvalue weighted by Crippen LogP contribution is 2.26. The largest absolute Gasteiger partial charge is 0.497 e. The van der Waals surface area contributed by atoms with E-state index in [1.807, 2.05) is 37.3 Å². The van der Waals surface area contributed by atoms with Crippen LogP contribution in [0.25, 0.3) is 0 Å². The third kappa shape index (κ3) is 6.40. The molecule has 2 aromatic carbocycles. The Morgan fingerprint density at radius 2 is 1.77 bits per heavy atom. The summed E-state index contributed by atoms with van der Waals surface area (Å²) < 4.78 is 16.2. The summed E-state index contributed by atoms with van der Waals surface area (Å²) in [5.74, 6) is 1.19. The van der Waals surface area contributed by atoms with Gasteiger partial charge in [0.2, 0.25) is 5.91 Å². The van der Waals surface area contributed by atoms with E-state index in [0.29, 0.717) is 23.8 Å². The zero-order chi connectivity index (χ0) is 21.9. The molecule has 0 radical (unpaired) electrons. The lowest BCUT2D eigenvalue weighted by molar-refractivity contribution is -0.142. The van der Waals surface area contributed by atoms with Gasteiger partial charge in [0.25, 0.3) is 5.91 Å². The van der Waals surface area contributed by atoms with Gasteiger partial charge in [0.15, 0.2) is 18.1 Å². The van der Waals surface area contributed by atoms with E-state index in [1.165, 1.54) is 4.90 Å². The molecule has 0 aliphatic rings. The van der Waals surface area contributed by atoms with Crippen LogP contribution in [0.1, 0.15) is 25.8 Å². The summed E-state index contributed by atoms with van der Waals surface area (Å²) in [6, 6.07) is 13.9. The summed E-state index contributed by atoms with van der Waals surface area (Å²) in [5.41, 5.74) is 0.857. The smallest absolute Gasteiger partial charge is 0.261 e. The summed E-state index contributed by atoms with van der Waals surface area (Å²) in [6.07, 6.45) is 0.819. The predicted molar refractivity (Wildman–Crippen MR) is 115 cm³/mol. The molecule has 0 bridgehead atoms. The highest BCUT2D eigenvalue weighted by Gasteiger charge is 2.26. The second-order valence-electron chi connectivity index (χ2n) is 6.78. The molecule has 0 aliphatic carbocycles. The van der Waals surface area contributed by atoms with Crippen LogP contribution in [0.4, 0.5) is 0 Å². The van der Waals surface area contributed by atoms with Gasteiger partial charge in [-0.3, -0.25) is 9.59 Å². The van der Waals surface area contributed by atoms with Gasteiger partial charge in [-0.25, -0.2) is 0 Å². The molecule has 2 amide bonds. The number of carbonyl (C=O) groups is 2. The first-order valence-corrected chi connectivity index (χ1v) is 9.96. The Balaban J connectivity index is 2.18. The molecule has 162 valence electrons. The number of amides is 2. The van der Waals surface area contributed by atoms with Crippen molar-refractivity contribution in [3.8, 4) is 17.2 Å². The minimum atomic E-state index is -0.656. The van der Waals surface area contributed by atoms with Crippen molar-refractivity contribution in [2.24, 2.45) is 0 Å². The maximum absolute atomic E-state index is 13.0. The lowest BCUT2D eigenvalue weighted by Gasteiger charge is -2.29. The van der Waals surface area contributed by atoms with Crippen LogP contribution >= 0.6 is 0 Å². The zero-order valence-corrected chi connectivity index (χ0v) is 18.0. The molecule has 1 atom stereocenters. The number of ether oxygens (including phenoxy) is 3. The second kappa shape index (κ2) is 11.7. The number of para-hydroxylation sites is 2. The predicted octanol–water partition coefficient (Wildman–Crippen LogP) is 3.03. The molecular weight excluding hydrogens is 384 g/mol. The van der Waals surface area contributed by atoms with Crippen LogP contribution in [0, 0.1) is 0 Å². The minimum absolute atomic E-state index is 0.203. The standard InChI is InChI=1S/C23H30N2O5/c1-5-13-24-23(27)17(2)25(15-18-9-8-10-19(14-18)28-3)22(26)16-30-21-12-7-6-11-20(21)29-4/h6-12,14,17H,5,13,15-16H2,1-4H3,(H,24,27)/t17-/m1/s1. The van der Waals surface area contributed by atoms with Crippen LogP contribution in [0.3, 0.4) is 0 Å². The average molecular weight is 415 g/mol. The van der Waals surface area contributed by atoms with Gasteiger partial charge in [-0.15, -0.1) is 0 Å². The third-order valence-electron chi connectivity index (χ3n) is 4.62. The van der Waals surface area contributed by atoms with Crippen LogP contribution < -0.4 is 19.5 Å². The SMILES string of the molecule is CCCNC(=O)[C@@H](C)N(Cc1cccc(OC)c1)C(=O)COc1ccccc1OC. The summed E-state index contributed by atoms with van der Waals surface area (Å²) in [6.45, 7) is 4.29. The molecule has 30 heavy (non-hydrogen) atoms. The van der Waals surface area contributed by atoms with Crippen molar-refractivity contribution in [1.29, 1.82) is 0 Å². The molecule has 0 saturated heterocycles. The van der Waals surface area contributed by atoms with E-state index in [2.05, 4.69) is 5.32 Å². The van der Waals surface area contributed by atoms with Gasteiger partial charge in [0.05, 0.1) is 14.2 Å². The molecule has 2 rings (SSSR count). The lowest BCUT2D eigenvalue weighted by Crippen LogP contribution is -2.49. The van der Waals surface area contributed by atoms with Crippen molar-refractivity contribution >= 4 is 11.8 Å². The van der Waals surface area contributed by atoms with E-state index in [0.717, 1.165) is 12.0 Å². The van der Waals surface area contributed by atoms with Crippen LogP contribution in [0.5, 0.6) is 17.2 Å². The lowest BCUT2D eigenvalue weighted by atomic mass is 10.1. The van der Waals surface area contributed by atoms with Crippen molar-refractivity contribution in [1.82, 2.24) is 10.2 Å². The number of benzene rings is 2. The number of nitrogens with one attached hydrogen (secondary N) is 1.